The van der Waals surface area contributed by atoms with Crippen LogP contribution in [-0.2, 0) is 13.2 Å². The molecule has 0 spiro atoms. The molecule has 0 saturated heterocycles. The van der Waals surface area contributed by atoms with Gasteiger partial charge in [-0.15, -0.1) is 0 Å². The molecule has 0 bridgehead atoms. The fourth-order valence-corrected chi connectivity index (χ4v) is 2.91. The number of carbonyl (C=O) groups is 1. The van der Waals surface area contributed by atoms with Gasteiger partial charge in [-0.1, -0.05) is 48.5 Å². The topological polar surface area (TPSA) is 50.8 Å². The molecule has 0 unspecified atom stereocenters. The van der Waals surface area contributed by atoms with Gasteiger partial charge in [-0.3, -0.25) is 4.79 Å². The van der Waals surface area contributed by atoms with E-state index in [1.54, 1.807) is 0 Å². The van der Waals surface area contributed by atoms with Crippen molar-refractivity contribution in [2.45, 2.75) is 13.2 Å². The highest BCUT2D eigenvalue weighted by Gasteiger charge is 2.11. The Morgan fingerprint density at radius 3 is 2.40 bits per heavy atom. The second-order valence-corrected chi connectivity index (χ2v) is 7.24. The number of para-hydroxylation sites is 1. The number of nitrogens with one attached hydrogen (secondary N) is 1. The summed E-state index contributed by atoms with van der Waals surface area (Å²) >= 11 is 0. The quantitative estimate of drug-likeness (QED) is 0.552. The normalized spacial score (nSPS) is 10.6. The molecule has 0 aliphatic rings. The van der Waals surface area contributed by atoms with Gasteiger partial charge in [-0.2, -0.15) is 0 Å². The van der Waals surface area contributed by atoms with Gasteiger partial charge < -0.3 is 19.7 Å². The van der Waals surface area contributed by atoms with Crippen LogP contribution in [0.3, 0.4) is 0 Å². The number of hydrogen-bond acceptors (Lipinski definition) is 4. The predicted molar refractivity (Wildman–Crippen MR) is 119 cm³/mol. The third-order valence-electron chi connectivity index (χ3n) is 4.56. The van der Waals surface area contributed by atoms with Crippen molar-refractivity contribution in [3.63, 3.8) is 0 Å². The standard InChI is InChI=1S/C25H28N2O3/c1-27(2)15-16-29-23-13-8-9-20(17-23)18-26-25(28)24-14-7-6-10-21(24)19-30-22-11-4-3-5-12-22/h3-14,17H,15-16,18-19H2,1-2H3,(H,26,28). The summed E-state index contributed by atoms with van der Waals surface area (Å²) in [5, 5.41) is 3.00. The largest absolute Gasteiger partial charge is 0.492 e. The zero-order valence-corrected chi connectivity index (χ0v) is 17.5. The number of ether oxygens (including phenoxy) is 2. The average molecular weight is 405 g/mol. The first-order chi connectivity index (χ1) is 14.6. The maximum absolute atomic E-state index is 12.8. The molecule has 0 saturated carbocycles. The summed E-state index contributed by atoms with van der Waals surface area (Å²) in [5.74, 6) is 1.46. The van der Waals surface area contributed by atoms with Crippen LogP contribution in [0.15, 0.2) is 78.9 Å². The lowest BCUT2D eigenvalue weighted by Crippen LogP contribution is -2.24. The van der Waals surface area contributed by atoms with Crippen molar-refractivity contribution in [2.75, 3.05) is 27.2 Å². The third kappa shape index (κ3) is 6.64. The Kier molecular flexibility index (Phi) is 7.86. The summed E-state index contributed by atoms with van der Waals surface area (Å²) in [4.78, 5) is 14.9. The predicted octanol–water partition coefficient (Wildman–Crippen LogP) is 4.14. The average Bonchev–Trinajstić information content (AvgIpc) is 2.77. The lowest BCUT2D eigenvalue weighted by molar-refractivity contribution is 0.0948. The van der Waals surface area contributed by atoms with E-state index in [0.717, 1.165) is 29.2 Å². The molecule has 30 heavy (non-hydrogen) atoms. The minimum atomic E-state index is -0.124. The molecule has 5 heteroatoms. The van der Waals surface area contributed by atoms with E-state index in [-0.39, 0.29) is 5.91 Å². The number of benzene rings is 3. The van der Waals surface area contributed by atoms with Crippen molar-refractivity contribution < 1.29 is 14.3 Å². The van der Waals surface area contributed by atoms with Gasteiger partial charge >= 0.3 is 0 Å². The summed E-state index contributed by atoms with van der Waals surface area (Å²) in [7, 11) is 4.02. The van der Waals surface area contributed by atoms with Crippen molar-refractivity contribution in [3.8, 4) is 11.5 Å². The van der Waals surface area contributed by atoms with E-state index >= 15 is 0 Å². The number of carbonyl (C=O) groups excluding carboxylic acids is 1. The van der Waals surface area contributed by atoms with E-state index < -0.39 is 0 Å². The Morgan fingerprint density at radius 1 is 0.867 bits per heavy atom. The molecule has 0 radical (unpaired) electrons. The number of likely N-dealkylation sites (N-methyl/N-ethyl adjacent to an activating group) is 1. The van der Waals surface area contributed by atoms with Crippen molar-refractivity contribution in [1.29, 1.82) is 0 Å². The smallest absolute Gasteiger partial charge is 0.251 e. The van der Waals surface area contributed by atoms with Crippen LogP contribution in [0.25, 0.3) is 0 Å². The minimum absolute atomic E-state index is 0.124. The first kappa shape index (κ1) is 21.4. The monoisotopic (exact) mass is 404 g/mol. The second-order valence-electron chi connectivity index (χ2n) is 7.24. The van der Waals surface area contributed by atoms with Gasteiger partial charge in [0, 0.05) is 24.2 Å². The van der Waals surface area contributed by atoms with Gasteiger partial charge in [-0.05, 0) is 50.0 Å². The van der Waals surface area contributed by atoms with E-state index in [1.165, 1.54) is 0 Å². The Labute approximate surface area is 178 Å². The summed E-state index contributed by atoms with van der Waals surface area (Å²) in [6, 6.07) is 24.9. The third-order valence-corrected chi connectivity index (χ3v) is 4.56. The van der Waals surface area contributed by atoms with E-state index in [1.807, 2.05) is 93.0 Å². The van der Waals surface area contributed by atoms with Gasteiger partial charge in [0.25, 0.3) is 5.91 Å². The molecule has 0 atom stereocenters. The lowest BCUT2D eigenvalue weighted by atomic mass is 10.1. The van der Waals surface area contributed by atoms with E-state index in [0.29, 0.717) is 25.3 Å². The zero-order valence-electron chi connectivity index (χ0n) is 17.5. The summed E-state index contributed by atoms with van der Waals surface area (Å²) in [6.45, 7) is 2.24. The van der Waals surface area contributed by atoms with Crippen LogP contribution < -0.4 is 14.8 Å². The van der Waals surface area contributed by atoms with E-state index in [4.69, 9.17) is 9.47 Å². The van der Waals surface area contributed by atoms with Crippen molar-refractivity contribution in [1.82, 2.24) is 10.2 Å². The van der Waals surface area contributed by atoms with Crippen LogP contribution in [0.2, 0.25) is 0 Å². The molecule has 0 aliphatic heterocycles. The minimum Gasteiger partial charge on any atom is -0.492 e. The second kappa shape index (κ2) is 11.0. The van der Waals surface area contributed by atoms with E-state index in [2.05, 4.69) is 10.2 Å². The molecule has 0 aliphatic carbocycles. The molecule has 156 valence electrons. The van der Waals surface area contributed by atoms with Gasteiger partial charge in [0.15, 0.2) is 0 Å². The van der Waals surface area contributed by atoms with E-state index in [9.17, 15) is 4.79 Å². The molecular weight excluding hydrogens is 376 g/mol. The van der Waals surface area contributed by atoms with Crippen LogP contribution in [0, 0.1) is 0 Å². The molecule has 1 N–H and O–H groups in total. The highest BCUT2D eigenvalue weighted by atomic mass is 16.5. The highest BCUT2D eigenvalue weighted by molar-refractivity contribution is 5.95. The Bertz CT molecular complexity index is 942. The first-order valence-corrected chi connectivity index (χ1v) is 10.0. The molecule has 0 fully saturated rings. The van der Waals surface area contributed by atoms with Crippen LogP contribution in [-0.4, -0.2) is 38.1 Å². The summed E-state index contributed by atoms with van der Waals surface area (Å²) in [5.41, 5.74) is 2.45. The molecule has 0 aromatic heterocycles. The number of nitrogens with zero attached hydrogens (tertiary/aromatic N) is 1. The van der Waals surface area contributed by atoms with Crippen LogP contribution >= 0.6 is 0 Å². The zero-order chi connectivity index (χ0) is 21.2. The van der Waals surface area contributed by atoms with Gasteiger partial charge in [-0.25, -0.2) is 0 Å². The van der Waals surface area contributed by atoms with Crippen molar-refractivity contribution >= 4 is 5.91 Å². The summed E-state index contributed by atoms with van der Waals surface area (Å²) < 4.78 is 11.6. The Hall–Kier alpha value is -3.31. The van der Waals surface area contributed by atoms with Gasteiger partial charge in [0.05, 0.1) is 0 Å². The van der Waals surface area contributed by atoms with Crippen molar-refractivity contribution in [3.05, 3.63) is 95.6 Å². The molecule has 0 heterocycles. The fraction of sp³-hybridized carbons (Fsp3) is 0.240. The molecule has 3 aromatic rings. The number of hydrogen-bond donors (Lipinski definition) is 1. The van der Waals surface area contributed by atoms with Gasteiger partial charge in [0.1, 0.15) is 24.7 Å². The van der Waals surface area contributed by atoms with Gasteiger partial charge in [0.2, 0.25) is 0 Å². The van der Waals surface area contributed by atoms with Crippen LogP contribution in [0.5, 0.6) is 11.5 Å². The maximum atomic E-state index is 12.8. The molecule has 5 nitrogen and oxygen atoms in total. The fourth-order valence-electron chi connectivity index (χ4n) is 2.91. The molecule has 3 rings (SSSR count). The maximum Gasteiger partial charge on any atom is 0.251 e. The SMILES string of the molecule is CN(C)CCOc1cccc(CNC(=O)c2ccccc2COc2ccccc2)c1. The molecule has 1 amide bonds. The highest BCUT2D eigenvalue weighted by Crippen LogP contribution is 2.16. The summed E-state index contributed by atoms with van der Waals surface area (Å²) in [6.07, 6.45) is 0. The number of rotatable bonds is 10. The Balaban J connectivity index is 1.57. The number of amides is 1. The van der Waals surface area contributed by atoms with Crippen molar-refractivity contribution in [2.24, 2.45) is 0 Å². The Morgan fingerprint density at radius 2 is 1.60 bits per heavy atom. The lowest BCUT2D eigenvalue weighted by Gasteiger charge is -2.13. The first-order valence-electron chi connectivity index (χ1n) is 10.0. The van der Waals surface area contributed by atoms with Crippen LogP contribution in [0.1, 0.15) is 21.5 Å². The molecular formula is C25H28N2O3. The van der Waals surface area contributed by atoms with Crippen LogP contribution in [0.4, 0.5) is 0 Å². The molecule has 3 aromatic carbocycles.